The first-order valence-corrected chi connectivity index (χ1v) is 9.93. The van der Waals surface area contributed by atoms with E-state index in [1.807, 2.05) is 6.07 Å². The summed E-state index contributed by atoms with van der Waals surface area (Å²) in [5, 5.41) is 2.60. The Labute approximate surface area is 177 Å². The summed E-state index contributed by atoms with van der Waals surface area (Å²) in [4.78, 5) is 35.4. The average Bonchev–Trinajstić information content (AvgIpc) is 3.12. The summed E-state index contributed by atoms with van der Waals surface area (Å²) < 4.78 is 41.0. The lowest BCUT2D eigenvalue weighted by molar-refractivity contribution is -0.137. The number of fused-ring (bicyclic) bond motifs is 1. The summed E-state index contributed by atoms with van der Waals surface area (Å²) in [6.07, 6.45) is -3.34. The van der Waals surface area contributed by atoms with Gasteiger partial charge in [-0.05, 0) is 24.3 Å². The Kier molecular flexibility index (Phi) is 5.51. The molecule has 31 heavy (non-hydrogen) atoms. The number of alkyl halides is 3. The lowest BCUT2D eigenvalue weighted by atomic mass is 10.1. The van der Waals surface area contributed by atoms with Crippen LogP contribution in [0.3, 0.4) is 0 Å². The van der Waals surface area contributed by atoms with E-state index >= 15 is 0 Å². The van der Waals surface area contributed by atoms with Gasteiger partial charge in [0.25, 0.3) is 5.56 Å². The molecule has 7 nitrogen and oxygen atoms in total. The molecule has 2 N–H and O–H groups in total. The number of nitrogens with one attached hydrogen (secondary N) is 2. The van der Waals surface area contributed by atoms with Crippen molar-refractivity contribution in [3.63, 3.8) is 0 Å². The van der Waals surface area contributed by atoms with Gasteiger partial charge in [-0.2, -0.15) is 13.2 Å². The van der Waals surface area contributed by atoms with Gasteiger partial charge in [0.15, 0.2) is 16.3 Å². The van der Waals surface area contributed by atoms with Crippen LogP contribution in [0.25, 0.3) is 16.9 Å². The number of amides is 1. The minimum Gasteiger partial charge on any atom is -0.325 e. The van der Waals surface area contributed by atoms with E-state index in [1.54, 1.807) is 28.8 Å². The molecule has 1 amide bonds. The van der Waals surface area contributed by atoms with E-state index in [-0.39, 0.29) is 17.0 Å². The van der Waals surface area contributed by atoms with Crippen LogP contribution < -0.4 is 10.9 Å². The zero-order valence-corrected chi connectivity index (χ0v) is 16.5. The van der Waals surface area contributed by atoms with Crippen LogP contribution in [-0.2, 0) is 11.0 Å². The number of para-hydroxylation sites is 2. The van der Waals surface area contributed by atoms with Gasteiger partial charge in [-0.3, -0.25) is 14.2 Å². The normalized spacial score (nSPS) is 11.6. The molecule has 0 saturated carbocycles. The van der Waals surface area contributed by atoms with E-state index in [9.17, 15) is 22.8 Å². The van der Waals surface area contributed by atoms with Gasteiger partial charge >= 0.3 is 6.18 Å². The Bertz CT molecular complexity index is 1300. The van der Waals surface area contributed by atoms with E-state index < -0.39 is 23.2 Å². The first kappa shape index (κ1) is 20.7. The molecule has 4 rings (SSSR count). The Morgan fingerprint density at radius 3 is 2.55 bits per heavy atom. The van der Waals surface area contributed by atoms with Crippen LogP contribution in [-0.4, -0.2) is 31.2 Å². The molecule has 0 bridgehead atoms. The molecule has 0 aliphatic heterocycles. The highest BCUT2D eigenvalue weighted by atomic mass is 32.2. The van der Waals surface area contributed by atoms with Crippen molar-refractivity contribution in [3.8, 4) is 5.69 Å². The number of aromatic nitrogens is 4. The van der Waals surface area contributed by atoms with E-state index in [0.29, 0.717) is 16.5 Å². The van der Waals surface area contributed by atoms with Crippen LogP contribution in [0.1, 0.15) is 5.56 Å². The second-order valence-electron chi connectivity index (χ2n) is 6.35. The molecule has 2 aromatic carbocycles. The van der Waals surface area contributed by atoms with Gasteiger partial charge < -0.3 is 10.3 Å². The predicted molar refractivity (Wildman–Crippen MR) is 110 cm³/mol. The highest BCUT2D eigenvalue weighted by Gasteiger charge is 2.33. The summed E-state index contributed by atoms with van der Waals surface area (Å²) in [6, 6.07) is 13.7. The van der Waals surface area contributed by atoms with Crippen LogP contribution in [0.2, 0.25) is 0 Å². The molecule has 0 radical (unpaired) electrons. The molecule has 0 aliphatic rings. The number of aromatic amines is 1. The van der Waals surface area contributed by atoms with Crippen molar-refractivity contribution in [2.45, 2.75) is 11.3 Å². The van der Waals surface area contributed by atoms with Gasteiger partial charge in [0.1, 0.15) is 0 Å². The maximum Gasteiger partial charge on any atom is 0.418 e. The molecule has 0 saturated heterocycles. The third-order valence-corrected chi connectivity index (χ3v) is 5.21. The third kappa shape index (κ3) is 4.31. The number of anilines is 1. The average molecular weight is 445 g/mol. The van der Waals surface area contributed by atoms with Crippen molar-refractivity contribution in [1.82, 2.24) is 19.5 Å². The molecule has 2 aromatic heterocycles. The van der Waals surface area contributed by atoms with Crippen LogP contribution in [0, 0.1) is 0 Å². The number of benzene rings is 2. The molecular weight excluding hydrogens is 431 g/mol. The largest absolute Gasteiger partial charge is 0.418 e. The van der Waals surface area contributed by atoms with E-state index in [0.717, 1.165) is 17.8 Å². The van der Waals surface area contributed by atoms with Crippen LogP contribution in [0.15, 0.2) is 70.9 Å². The zero-order chi connectivity index (χ0) is 22.0. The monoisotopic (exact) mass is 445 g/mol. The quantitative estimate of drug-likeness (QED) is 0.455. The van der Waals surface area contributed by atoms with E-state index in [4.69, 9.17) is 0 Å². The van der Waals surface area contributed by atoms with Crippen LogP contribution in [0.4, 0.5) is 18.9 Å². The Balaban J connectivity index is 1.61. The lowest BCUT2D eigenvalue weighted by Crippen LogP contribution is -2.18. The van der Waals surface area contributed by atoms with Gasteiger partial charge in [-0.1, -0.05) is 42.1 Å². The Morgan fingerprint density at radius 1 is 1.10 bits per heavy atom. The minimum absolute atomic E-state index is 0.0941. The number of thioether (sulfide) groups is 1. The van der Waals surface area contributed by atoms with Gasteiger partial charge in [-0.25, -0.2) is 9.97 Å². The van der Waals surface area contributed by atoms with Crippen molar-refractivity contribution >= 4 is 34.5 Å². The van der Waals surface area contributed by atoms with Gasteiger partial charge in [0.2, 0.25) is 5.91 Å². The van der Waals surface area contributed by atoms with Gasteiger partial charge in [0, 0.05) is 5.69 Å². The summed E-state index contributed by atoms with van der Waals surface area (Å²) in [5.74, 6) is -0.865. The first-order valence-electron chi connectivity index (χ1n) is 8.95. The minimum atomic E-state index is -4.59. The summed E-state index contributed by atoms with van der Waals surface area (Å²) in [5.41, 5.74) is -0.619. The standard InChI is InChI=1S/C20H14F3N5O2S/c21-20(22,23)13-8-4-5-9-14(13)26-15(29)10-31-19-27-16-17(24-11-25-18(16)30)28(19)12-6-2-1-3-7-12/h1-9,11H,10H2,(H,26,29)(H,24,25,30). The number of imidazole rings is 1. The van der Waals surface area contributed by atoms with Gasteiger partial charge in [0.05, 0.1) is 23.3 Å². The van der Waals surface area contributed by atoms with Crippen molar-refractivity contribution in [2.24, 2.45) is 0 Å². The van der Waals surface area contributed by atoms with Crippen molar-refractivity contribution < 1.29 is 18.0 Å². The second kappa shape index (κ2) is 8.26. The fraction of sp³-hybridized carbons (Fsp3) is 0.100. The number of carbonyl (C=O) groups is 1. The van der Waals surface area contributed by atoms with Crippen molar-refractivity contribution in [1.29, 1.82) is 0 Å². The fourth-order valence-corrected chi connectivity index (χ4v) is 3.76. The van der Waals surface area contributed by atoms with Crippen LogP contribution >= 0.6 is 11.8 Å². The maximum absolute atomic E-state index is 13.1. The maximum atomic E-state index is 13.1. The fourth-order valence-electron chi connectivity index (χ4n) is 2.95. The molecule has 0 aliphatic carbocycles. The summed E-state index contributed by atoms with van der Waals surface area (Å²) in [6.45, 7) is 0. The van der Waals surface area contributed by atoms with E-state index in [2.05, 4.69) is 20.3 Å². The molecule has 158 valence electrons. The van der Waals surface area contributed by atoms with E-state index in [1.165, 1.54) is 24.5 Å². The zero-order valence-electron chi connectivity index (χ0n) is 15.7. The number of rotatable bonds is 5. The Hall–Kier alpha value is -3.60. The number of carbonyl (C=O) groups excluding carboxylic acids is 1. The predicted octanol–water partition coefficient (Wildman–Crippen LogP) is 3.86. The molecule has 0 spiro atoms. The lowest BCUT2D eigenvalue weighted by Gasteiger charge is -2.13. The number of nitrogens with zero attached hydrogens (tertiary/aromatic N) is 3. The van der Waals surface area contributed by atoms with Gasteiger partial charge in [-0.15, -0.1) is 0 Å². The first-order chi connectivity index (χ1) is 14.8. The second-order valence-corrected chi connectivity index (χ2v) is 7.29. The SMILES string of the molecule is O=C(CSc1nc2c(=O)[nH]cnc2n1-c1ccccc1)Nc1ccccc1C(F)(F)F. The number of halogens is 3. The van der Waals surface area contributed by atoms with Crippen molar-refractivity contribution in [2.75, 3.05) is 11.1 Å². The molecule has 11 heteroatoms. The number of hydrogen-bond donors (Lipinski definition) is 2. The molecule has 2 heterocycles. The van der Waals surface area contributed by atoms with Crippen LogP contribution in [0.5, 0.6) is 0 Å². The molecule has 0 atom stereocenters. The number of hydrogen-bond acceptors (Lipinski definition) is 5. The molecular formula is C20H14F3N5O2S. The smallest absolute Gasteiger partial charge is 0.325 e. The van der Waals surface area contributed by atoms with Crippen molar-refractivity contribution in [3.05, 3.63) is 76.8 Å². The summed E-state index contributed by atoms with van der Waals surface area (Å²) in [7, 11) is 0. The Morgan fingerprint density at radius 2 is 1.81 bits per heavy atom. The highest BCUT2D eigenvalue weighted by molar-refractivity contribution is 7.99. The molecule has 0 fully saturated rings. The topological polar surface area (TPSA) is 92.7 Å². The molecule has 0 unspecified atom stereocenters. The highest BCUT2D eigenvalue weighted by Crippen LogP contribution is 2.34. The summed E-state index contributed by atoms with van der Waals surface area (Å²) >= 11 is 0.983. The third-order valence-electron chi connectivity index (χ3n) is 4.27. The molecule has 4 aromatic rings. The number of H-pyrrole nitrogens is 1.